The summed E-state index contributed by atoms with van der Waals surface area (Å²) in [5, 5.41) is 9.72. The third kappa shape index (κ3) is 5.77. The summed E-state index contributed by atoms with van der Waals surface area (Å²) in [6.07, 6.45) is 3.49. The first-order valence-corrected chi connectivity index (χ1v) is 13.4. The van der Waals surface area contributed by atoms with Crippen molar-refractivity contribution in [3.63, 3.8) is 0 Å². The molecule has 2 fully saturated rings. The molecule has 3 aliphatic heterocycles. The first-order chi connectivity index (χ1) is 17.6. The molecule has 2 saturated heterocycles. The zero-order valence-corrected chi connectivity index (χ0v) is 22.2. The van der Waals surface area contributed by atoms with E-state index >= 15 is 0 Å². The molecule has 2 amide bonds. The van der Waals surface area contributed by atoms with Crippen LogP contribution in [0.4, 0.5) is 4.79 Å². The van der Waals surface area contributed by atoms with Crippen molar-refractivity contribution >= 4 is 12.0 Å². The minimum Gasteiger partial charge on any atom is -0.487 e. The number of fused-ring (bicyclic) bond motifs is 1. The summed E-state index contributed by atoms with van der Waals surface area (Å²) < 4.78 is 12.1. The molecule has 0 saturated carbocycles. The topological polar surface area (TPSA) is 79.3 Å². The van der Waals surface area contributed by atoms with Gasteiger partial charge in [-0.15, -0.1) is 0 Å². The van der Waals surface area contributed by atoms with Gasteiger partial charge in [0.1, 0.15) is 11.4 Å². The average Bonchev–Trinajstić information content (AvgIpc) is 3.33. The molecule has 1 N–H and O–H groups in total. The number of carbonyl (C=O) groups excluding carboxylic acids is 2. The normalized spacial score (nSPS) is 20.9. The van der Waals surface area contributed by atoms with E-state index < -0.39 is 6.10 Å². The number of benzene rings is 2. The van der Waals surface area contributed by atoms with Crippen LogP contribution in [0.1, 0.15) is 62.4 Å². The van der Waals surface area contributed by atoms with E-state index in [1.807, 2.05) is 24.3 Å². The highest BCUT2D eigenvalue weighted by Crippen LogP contribution is 2.41. The smallest absolute Gasteiger partial charge is 0.409 e. The highest BCUT2D eigenvalue weighted by atomic mass is 16.6. The van der Waals surface area contributed by atoms with Gasteiger partial charge in [0.05, 0.1) is 12.7 Å². The molecule has 0 bridgehead atoms. The van der Waals surface area contributed by atoms with Gasteiger partial charge in [-0.25, -0.2) is 4.79 Å². The maximum atomic E-state index is 12.7. The standard InChI is InChI=1S/C30H38N2O5/c1-29(2,3)20-36-28(35)31-16-13-30(14-17-31)12-10-24-18-23(8-9-26(24)37-30)21-4-6-22(7-5-21)27(34)32-15-11-25(33)19-32/h4-9,18,25,33H,10-17,19-20H2,1-3H3/t25-/m0/s1. The number of rotatable bonds is 3. The quantitative estimate of drug-likeness (QED) is 0.641. The fraction of sp³-hybridized carbons (Fsp3) is 0.533. The summed E-state index contributed by atoms with van der Waals surface area (Å²) in [5.41, 5.74) is 3.74. The zero-order chi connectivity index (χ0) is 26.2. The highest BCUT2D eigenvalue weighted by Gasteiger charge is 2.41. The van der Waals surface area contributed by atoms with Crippen molar-refractivity contribution < 1.29 is 24.2 Å². The van der Waals surface area contributed by atoms with Gasteiger partial charge in [-0.05, 0) is 65.6 Å². The lowest BCUT2D eigenvalue weighted by molar-refractivity contribution is -0.0171. The van der Waals surface area contributed by atoms with Crippen LogP contribution in [0.5, 0.6) is 5.75 Å². The predicted octanol–water partition coefficient (Wildman–Crippen LogP) is 4.90. The molecule has 5 rings (SSSR count). The van der Waals surface area contributed by atoms with E-state index in [1.54, 1.807) is 9.80 Å². The van der Waals surface area contributed by atoms with Crippen LogP contribution < -0.4 is 4.74 Å². The average molecular weight is 507 g/mol. The monoisotopic (exact) mass is 506 g/mol. The number of amides is 2. The fourth-order valence-electron chi connectivity index (χ4n) is 5.43. The van der Waals surface area contributed by atoms with E-state index in [0.717, 1.165) is 42.6 Å². The molecule has 2 aromatic carbocycles. The number of aliphatic hydroxyl groups is 1. The summed E-state index contributed by atoms with van der Waals surface area (Å²) in [6, 6.07) is 14.0. The maximum absolute atomic E-state index is 12.7. The third-order valence-electron chi connectivity index (χ3n) is 7.71. The number of aryl methyl sites for hydroxylation is 1. The summed E-state index contributed by atoms with van der Waals surface area (Å²) in [4.78, 5) is 28.7. The van der Waals surface area contributed by atoms with Gasteiger partial charge in [-0.3, -0.25) is 4.79 Å². The molecule has 0 radical (unpaired) electrons. The molecule has 1 atom stereocenters. The minimum atomic E-state index is -0.414. The van der Waals surface area contributed by atoms with Crippen molar-refractivity contribution in [1.82, 2.24) is 9.80 Å². The van der Waals surface area contributed by atoms with Crippen molar-refractivity contribution in [3.05, 3.63) is 53.6 Å². The van der Waals surface area contributed by atoms with Gasteiger partial charge in [-0.1, -0.05) is 39.0 Å². The molecular formula is C30H38N2O5. The van der Waals surface area contributed by atoms with E-state index in [2.05, 4.69) is 39.0 Å². The molecule has 0 unspecified atom stereocenters. The summed E-state index contributed by atoms with van der Waals surface area (Å²) in [6.45, 7) is 8.91. The lowest BCUT2D eigenvalue weighted by atomic mass is 9.82. The Hall–Kier alpha value is -3.06. The molecule has 198 valence electrons. The third-order valence-corrected chi connectivity index (χ3v) is 7.71. The minimum absolute atomic E-state index is 0.0271. The summed E-state index contributed by atoms with van der Waals surface area (Å²) >= 11 is 0. The Bertz CT molecular complexity index is 1150. The lowest BCUT2D eigenvalue weighted by Gasteiger charge is -2.44. The van der Waals surface area contributed by atoms with Crippen molar-refractivity contribution in [2.24, 2.45) is 5.41 Å². The molecule has 7 nitrogen and oxygen atoms in total. The number of likely N-dealkylation sites (tertiary alicyclic amines) is 2. The van der Waals surface area contributed by atoms with E-state index in [9.17, 15) is 14.7 Å². The molecule has 0 aromatic heterocycles. The predicted molar refractivity (Wildman–Crippen MR) is 142 cm³/mol. The molecule has 3 heterocycles. The van der Waals surface area contributed by atoms with Gasteiger partial charge in [-0.2, -0.15) is 0 Å². The second-order valence-electron chi connectivity index (χ2n) is 12.0. The molecule has 37 heavy (non-hydrogen) atoms. The van der Waals surface area contributed by atoms with E-state index in [-0.39, 0.29) is 23.0 Å². The lowest BCUT2D eigenvalue weighted by Crippen LogP contribution is -2.51. The second-order valence-corrected chi connectivity index (χ2v) is 12.0. The van der Waals surface area contributed by atoms with Gasteiger partial charge in [0.2, 0.25) is 0 Å². The van der Waals surface area contributed by atoms with E-state index in [0.29, 0.717) is 44.8 Å². The molecular weight excluding hydrogens is 468 g/mol. The van der Waals surface area contributed by atoms with Crippen molar-refractivity contribution in [2.45, 2.75) is 64.6 Å². The van der Waals surface area contributed by atoms with Crippen LogP contribution in [-0.4, -0.2) is 71.4 Å². The highest BCUT2D eigenvalue weighted by molar-refractivity contribution is 5.95. The Morgan fingerprint density at radius 3 is 2.35 bits per heavy atom. The molecule has 2 aromatic rings. The van der Waals surface area contributed by atoms with Crippen LogP contribution in [0, 0.1) is 5.41 Å². The van der Waals surface area contributed by atoms with Crippen LogP contribution in [0.2, 0.25) is 0 Å². The molecule has 3 aliphatic rings. The first-order valence-electron chi connectivity index (χ1n) is 13.4. The van der Waals surface area contributed by atoms with Crippen LogP contribution in [0.3, 0.4) is 0 Å². The zero-order valence-electron chi connectivity index (χ0n) is 22.2. The van der Waals surface area contributed by atoms with Gasteiger partial charge >= 0.3 is 6.09 Å². The number of aliphatic hydroxyl groups excluding tert-OH is 1. The van der Waals surface area contributed by atoms with Crippen molar-refractivity contribution in [1.29, 1.82) is 0 Å². The van der Waals surface area contributed by atoms with E-state index in [1.165, 1.54) is 5.56 Å². The Balaban J connectivity index is 1.20. The number of hydrogen-bond donors (Lipinski definition) is 1. The number of nitrogens with zero attached hydrogens (tertiary/aromatic N) is 2. The van der Waals surface area contributed by atoms with Gasteiger partial charge in [0.25, 0.3) is 5.91 Å². The largest absolute Gasteiger partial charge is 0.487 e. The fourth-order valence-corrected chi connectivity index (χ4v) is 5.43. The second kappa shape index (κ2) is 10.0. The van der Waals surface area contributed by atoms with Gasteiger partial charge in [0.15, 0.2) is 0 Å². The van der Waals surface area contributed by atoms with Crippen LogP contribution in [0.15, 0.2) is 42.5 Å². The Morgan fingerprint density at radius 2 is 1.70 bits per heavy atom. The number of ether oxygens (including phenoxy) is 2. The number of piperidine rings is 1. The Morgan fingerprint density at radius 1 is 1.00 bits per heavy atom. The summed E-state index contributed by atoms with van der Waals surface area (Å²) in [7, 11) is 0. The maximum Gasteiger partial charge on any atom is 0.409 e. The van der Waals surface area contributed by atoms with Gasteiger partial charge in [0, 0.05) is 44.6 Å². The van der Waals surface area contributed by atoms with Crippen molar-refractivity contribution in [3.8, 4) is 16.9 Å². The number of β-amino-alcohol motifs (C(OH)–C–C–N with tert-alkyl or cyclic N) is 1. The SMILES string of the molecule is CC(C)(C)COC(=O)N1CCC2(CCc3cc(-c4ccc(C(=O)N5CC[C@H](O)C5)cc4)ccc3O2)CC1. The Labute approximate surface area is 219 Å². The van der Waals surface area contributed by atoms with Crippen LogP contribution >= 0.6 is 0 Å². The Kier molecular flexibility index (Phi) is 6.92. The molecule has 7 heteroatoms. The first kappa shape index (κ1) is 25.6. The van der Waals surface area contributed by atoms with Crippen LogP contribution in [0.25, 0.3) is 11.1 Å². The van der Waals surface area contributed by atoms with Gasteiger partial charge < -0.3 is 24.4 Å². The molecule has 1 spiro atoms. The van der Waals surface area contributed by atoms with Crippen LogP contribution in [-0.2, 0) is 11.2 Å². The van der Waals surface area contributed by atoms with E-state index in [4.69, 9.17) is 9.47 Å². The molecule has 0 aliphatic carbocycles. The van der Waals surface area contributed by atoms with Crippen molar-refractivity contribution in [2.75, 3.05) is 32.8 Å². The number of carbonyl (C=O) groups is 2. The number of hydrogen-bond acceptors (Lipinski definition) is 5. The summed E-state index contributed by atoms with van der Waals surface area (Å²) in [5.74, 6) is 0.902.